The predicted octanol–water partition coefficient (Wildman–Crippen LogP) is -0.244. The highest BCUT2D eigenvalue weighted by Crippen LogP contribution is 2.13. The van der Waals surface area contributed by atoms with E-state index in [9.17, 15) is 9.59 Å². The highest BCUT2D eigenvalue weighted by Gasteiger charge is 2.22. The van der Waals surface area contributed by atoms with Crippen molar-refractivity contribution >= 4 is 24.7 Å². The average Bonchev–Trinajstić information content (AvgIpc) is 2.12. The highest BCUT2D eigenvalue weighted by atomic mass is 32.1. The van der Waals surface area contributed by atoms with Gasteiger partial charge in [-0.2, -0.15) is 4.41 Å². The number of hydrogen-bond acceptors (Lipinski definition) is 5. The van der Waals surface area contributed by atoms with E-state index in [0.717, 1.165) is 4.41 Å². The summed E-state index contributed by atoms with van der Waals surface area (Å²) in [6, 6.07) is 0. The fraction of sp³-hybridized carbons (Fsp3) is 0. The lowest BCUT2D eigenvalue weighted by molar-refractivity contribution is -0.114. The van der Waals surface area contributed by atoms with Crippen molar-refractivity contribution in [1.82, 2.24) is 4.41 Å². The molecule has 1 heterocycles. The summed E-state index contributed by atoms with van der Waals surface area (Å²) in [6.07, 6.45) is 0. The Morgan fingerprint density at radius 2 is 2.33 bits per heavy atom. The van der Waals surface area contributed by atoms with Crippen LogP contribution in [0.4, 0.5) is 0 Å². The number of rotatable bonds is 0. The molecule has 0 aromatic carbocycles. The molecule has 9 heavy (non-hydrogen) atoms. The molecule has 0 aliphatic carbocycles. The Morgan fingerprint density at radius 1 is 1.67 bits per heavy atom. The number of nitrogens with zero attached hydrogens (tertiary/aromatic N) is 3. The van der Waals surface area contributed by atoms with Gasteiger partial charge in [0.05, 0.1) is 0 Å². The molecule has 0 atom stereocenters. The zero-order valence-electron chi connectivity index (χ0n) is 4.11. The molecule has 1 aliphatic rings. The van der Waals surface area contributed by atoms with Gasteiger partial charge in [0, 0.05) is 0 Å². The lowest BCUT2D eigenvalue weighted by atomic mass is 10.5. The third kappa shape index (κ3) is 0.847. The summed E-state index contributed by atoms with van der Waals surface area (Å²) in [6.45, 7) is 0. The number of carbonyl (C=O) groups is 1. The SMILES string of the molecule is O=C=C1C(=O)N=NN1S. The molecule has 5 nitrogen and oxygen atoms in total. The van der Waals surface area contributed by atoms with Gasteiger partial charge in [-0.25, -0.2) is 4.79 Å². The van der Waals surface area contributed by atoms with Gasteiger partial charge in [-0.1, -0.05) is 10.3 Å². The average molecular weight is 143 g/mol. The van der Waals surface area contributed by atoms with Crippen molar-refractivity contribution < 1.29 is 9.59 Å². The van der Waals surface area contributed by atoms with Crippen LogP contribution in [0.15, 0.2) is 16.0 Å². The van der Waals surface area contributed by atoms with Gasteiger partial charge in [0.1, 0.15) is 0 Å². The maximum absolute atomic E-state index is 10.4. The smallest absolute Gasteiger partial charge is 0.262 e. The first kappa shape index (κ1) is 6.00. The van der Waals surface area contributed by atoms with Crippen molar-refractivity contribution in [1.29, 1.82) is 0 Å². The Hall–Kier alpha value is -1.13. The van der Waals surface area contributed by atoms with Crippen LogP contribution in [0.5, 0.6) is 0 Å². The minimum atomic E-state index is -0.708. The van der Waals surface area contributed by atoms with Crippen LogP contribution in [-0.2, 0) is 9.59 Å². The molecule has 0 aromatic heterocycles. The van der Waals surface area contributed by atoms with Crippen LogP contribution >= 0.6 is 12.8 Å². The van der Waals surface area contributed by atoms with E-state index in [0.29, 0.717) is 0 Å². The molecule has 0 aromatic rings. The van der Waals surface area contributed by atoms with Gasteiger partial charge in [-0.05, 0) is 12.8 Å². The first-order chi connectivity index (χ1) is 4.25. The van der Waals surface area contributed by atoms with Crippen molar-refractivity contribution in [3.8, 4) is 0 Å². The Kier molecular flexibility index (Phi) is 1.33. The molecule has 1 rings (SSSR count). The predicted molar refractivity (Wildman–Crippen MR) is 29.9 cm³/mol. The molecule has 0 saturated heterocycles. The topological polar surface area (TPSA) is 62.1 Å². The maximum Gasteiger partial charge on any atom is 0.327 e. The summed E-state index contributed by atoms with van der Waals surface area (Å²) in [5.74, 6) is 0.634. The molecule has 0 N–H and O–H groups in total. The third-order valence-electron chi connectivity index (χ3n) is 0.720. The van der Waals surface area contributed by atoms with Crippen molar-refractivity contribution in [2.45, 2.75) is 0 Å². The van der Waals surface area contributed by atoms with Crippen LogP contribution in [0, 0.1) is 0 Å². The molecule has 0 bridgehead atoms. The number of amides is 1. The molecule has 1 amide bonds. The second-order valence-corrected chi connectivity index (χ2v) is 1.61. The van der Waals surface area contributed by atoms with E-state index < -0.39 is 5.91 Å². The molecule has 46 valence electrons. The monoisotopic (exact) mass is 143 g/mol. The van der Waals surface area contributed by atoms with Gasteiger partial charge in [0.15, 0.2) is 5.94 Å². The van der Waals surface area contributed by atoms with Crippen LogP contribution < -0.4 is 0 Å². The molecule has 0 radical (unpaired) electrons. The Bertz CT molecular complexity index is 229. The van der Waals surface area contributed by atoms with E-state index in [4.69, 9.17) is 0 Å². The number of thiol groups is 1. The fourth-order valence-electron chi connectivity index (χ4n) is 0.345. The normalized spacial score (nSPS) is 16.8. The van der Waals surface area contributed by atoms with E-state index in [1.807, 2.05) is 0 Å². The number of carbonyl (C=O) groups excluding carboxylic acids is 2. The molecule has 0 spiro atoms. The standard InChI is InChI=1S/C3HN3O2S/c7-1-2-3(8)4-5-6(2)9/h9H. The second-order valence-electron chi connectivity index (χ2n) is 1.23. The van der Waals surface area contributed by atoms with Gasteiger partial charge in [0.25, 0.3) is 0 Å². The second kappa shape index (κ2) is 2.00. The van der Waals surface area contributed by atoms with Gasteiger partial charge in [-0.3, -0.25) is 4.79 Å². The molecule has 6 heteroatoms. The summed E-state index contributed by atoms with van der Waals surface area (Å²) in [5.41, 5.74) is -0.279. The molecule has 0 fully saturated rings. The summed E-state index contributed by atoms with van der Waals surface area (Å²) < 4.78 is 0.773. The van der Waals surface area contributed by atoms with E-state index >= 15 is 0 Å². The molecular weight excluding hydrogens is 142 g/mol. The van der Waals surface area contributed by atoms with Gasteiger partial charge in [0.2, 0.25) is 5.70 Å². The van der Waals surface area contributed by atoms with Gasteiger partial charge < -0.3 is 0 Å². The summed E-state index contributed by atoms with van der Waals surface area (Å²) in [5, 5.41) is 6.15. The third-order valence-corrected chi connectivity index (χ3v) is 1.000. The zero-order chi connectivity index (χ0) is 6.85. The largest absolute Gasteiger partial charge is 0.327 e. The van der Waals surface area contributed by atoms with Crippen LogP contribution in [0.2, 0.25) is 0 Å². The van der Waals surface area contributed by atoms with Crippen molar-refractivity contribution in [3.05, 3.63) is 5.70 Å². The fourth-order valence-corrected chi connectivity index (χ4v) is 0.511. The minimum Gasteiger partial charge on any atom is -0.262 e. The van der Waals surface area contributed by atoms with Crippen LogP contribution in [0.1, 0.15) is 0 Å². The Balaban J connectivity index is 3.02. The maximum atomic E-state index is 10.4. The van der Waals surface area contributed by atoms with Gasteiger partial charge >= 0.3 is 5.91 Å². The first-order valence-electron chi connectivity index (χ1n) is 1.96. The highest BCUT2D eigenvalue weighted by molar-refractivity contribution is 7.77. The summed E-state index contributed by atoms with van der Waals surface area (Å²) >= 11 is 3.58. The molecule has 1 aliphatic heterocycles. The Labute approximate surface area is 55.6 Å². The van der Waals surface area contributed by atoms with Crippen molar-refractivity contribution in [2.24, 2.45) is 10.3 Å². The summed E-state index contributed by atoms with van der Waals surface area (Å²) in [7, 11) is 0. The number of hydrogen-bond donors (Lipinski definition) is 1. The van der Waals surface area contributed by atoms with Crippen LogP contribution in [0.3, 0.4) is 0 Å². The van der Waals surface area contributed by atoms with Gasteiger partial charge in [-0.15, -0.1) is 0 Å². The zero-order valence-corrected chi connectivity index (χ0v) is 5.00. The van der Waals surface area contributed by atoms with Crippen molar-refractivity contribution in [3.63, 3.8) is 0 Å². The lowest BCUT2D eigenvalue weighted by Gasteiger charge is -1.94. The van der Waals surface area contributed by atoms with E-state index in [2.05, 4.69) is 23.2 Å². The van der Waals surface area contributed by atoms with E-state index in [1.54, 1.807) is 0 Å². The minimum absolute atomic E-state index is 0.279. The molecule has 0 saturated carbocycles. The quantitative estimate of drug-likeness (QED) is 0.289. The van der Waals surface area contributed by atoms with Crippen LogP contribution in [-0.4, -0.2) is 16.3 Å². The first-order valence-corrected chi connectivity index (χ1v) is 2.36. The van der Waals surface area contributed by atoms with Crippen molar-refractivity contribution in [2.75, 3.05) is 0 Å². The lowest BCUT2D eigenvalue weighted by Crippen LogP contribution is -2.04. The summed E-state index contributed by atoms with van der Waals surface area (Å²) in [4.78, 5) is 20.2. The molecular formula is C3HN3O2S. The molecule has 0 unspecified atom stereocenters. The Morgan fingerprint density at radius 3 is 2.56 bits per heavy atom. The van der Waals surface area contributed by atoms with E-state index in [1.165, 1.54) is 5.94 Å². The van der Waals surface area contributed by atoms with E-state index in [-0.39, 0.29) is 5.70 Å². The van der Waals surface area contributed by atoms with Crippen LogP contribution in [0.25, 0.3) is 0 Å².